The van der Waals surface area contributed by atoms with E-state index in [4.69, 9.17) is 11.6 Å². The predicted molar refractivity (Wildman–Crippen MR) is 103 cm³/mol. The fourth-order valence-corrected chi connectivity index (χ4v) is 6.58. The molecule has 2 aliphatic rings. The maximum absolute atomic E-state index is 13.0. The first-order valence-electron chi connectivity index (χ1n) is 8.69. The van der Waals surface area contributed by atoms with Crippen LogP contribution in [0.4, 0.5) is 0 Å². The Morgan fingerprint density at radius 1 is 1.04 bits per heavy atom. The highest BCUT2D eigenvalue weighted by molar-refractivity contribution is 7.93. The van der Waals surface area contributed by atoms with Gasteiger partial charge in [0.1, 0.15) is 0 Å². The lowest BCUT2D eigenvalue weighted by molar-refractivity contribution is -0.131. The highest BCUT2D eigenvalue weighted by Gasteiger charge is 2.32. The summed E-state index contributed by atoms with van der Waals surface area (Å²) in [4.78, 5) is 33.8. The van der Waals surface area contributed by atoms with E-state index in [1.54, 1.807) is 0 Å². The second-order valence-electron chi connectivity index (χ2n) is 6.51. The number of carbonyl (C=O) groups is 2. The van der Waals surface area contributed by atoms with Crippen molar-refractivity contribution in [2.45, 2.75) is 12.8 Å². The molecule has 0 aromatic carbocycles. The zero-order valence-electron chi connectivity index (χ0n) is 15.0. The highest BCUT2D eigenvalue weighted by Crippen LogP contribution is 2.16. The Hall–Kier alpha value is -1.63. The molecule has 1 aromatic heterocycles. The van der Waals surface area contributed by atoms with Crippen LogP contribution in [0.2, 0.25) is 5.15 Å². The quantitative estimate of drug-likeness (QED) is 0.635. The topological polar surface area (TPSA) is 130 Å². The van der Waals surface area contributed by atoms with E-state index in [0.29, 0.717) is 25.9 Å². The van der Waals surface area contributed by atoms with Gasteiger partial charge in [0.05, 0.1) is 22.0 Å². The molecule has 13 heteroatoms. The SMILES string of the molecule is O=C(N=S1(=O)CCCN(C(=O)CN2CCCS2(=O)=O)CC1)c1nccnc1Cl. The van der Waals surface area contributed by atoms with Crippen molar-refractivity contribution in [1.82, 2.24) is 19.2 Å². The third kappa shape index (κ3) is 4.85. The second kappa shape index (κ2) is 8.39. The number of nitrogens with zero attached hydrogens (tertiary/aromatic N) is 5. The van der Waals surface area contributed by atoms with Gasteiger partial charge in [-0.2, -0.15) is 8.67 Å². The fourth-order valence-electron chi connectivity index (χ4n) is 3.07. The monoisotopic (exact) mass is 449 g/mol. The lowest BCUT2D eigenvalue weighted by Gasteiger charge is -2.22. The lowest BCUT2D eigenvalue weighted by atomic mass is 10.3. The summed E-state index contributed by atoms with van der Waals surface area (Å²) in [6.07, 6.45) is 3.52. The van der Waals surface area contributed by atoms with Crippen LogP contribution in [0.1, 0.15) is 23.3 Å². The molecule has 0 bridgehead atoms. The molecule has 2 saturated heterocycles. The van der Waals surface area contributed by atoms with Crippen LogP contribution < -0.4 is 0 Å². The van der Waals surface area contributed by atoms with Gasteiger partial charge in [-0.1, -0.05) is 11.6 Å². The van der Waals surface area contributed by atoms with Crippen molar-refractivity contribution in [2.24, 2.45) is 4.36 Å². The number of aromatic nitrogens is 2. The summed E-state index contributed by atoms with van der Waals surface area (Å²) < 4.78 is 41.8. The van der Waals surface area contributed by atoms with E-state index in [9.17, 15) is 22.2 Å². The van der Waals surface area contributed by atoms with Gasteiger partial charge in [-0.15, -0.1) is 0 Å². The molecule has 1 unspecified atom stereocenters. The van der Waals surface area contributed by atoms with E-state index in [-0.39, 0.29) is 47.1 Å². The Kier molecular flexibility index (Phi) is 6.32. The van der Waals surface area contributed by atoms with Gasteiger partial charge in [0.25, 0.3) is 0 Å². The molecule has 0 saturated carbocycles. The average molecular weight is 450 g/mol. The van der Waals surface area contributed by atoms with Crippen molar-refractivity contribution in [3.63, 3.8) is 0 Å². The third-order valence-electron chi connectivity index (χ3n) is 4.54. The minimum Gasteiger partial charge on any atom is -0.341 e. The van der Waals surface area contributed by atoms with Gasteiger partial charge in [0.2, 0.25) is 15.9 Å². The van der Waals surface area contributed by atoms with Crippen molar-refractivity contribution in [1.29, 1.82) is 0 Å². The molecule has 3 heterocycles. The van der Waals surface area contributed by atoms with Crippen LogP contribution in [0, 0.1) is 0 Å². The van der Waals surface area contributed by atoms with E-state index in [0.717, 1.165) is 0 Å². The Labute approximate surface area is 168 Å². The maximum atomic E-state index is 13.0. The third-order valence-corrected chi connectivity index (χ3v) is 8.97. The minimum absolute atomic E-state index is 0.0229. The Morgan fingerprint density at radius 3 is 2.43 bits per heavy atom. The first-order valence-corrected chi connectivity index (χ1v) is 12.5. The van der Waals surface area contributed by atoms with Crippen LogP contribution in [0.25, 0.3) is 0 Å². The van der Waals surface area contributed by atoms with E-state index < -0.39 is 25.7 Å². The standard InChI is InChI=1S/C15H20ClN5O5S2/c16-14-13(17-3-4-18-14)15(23)19-27(24)8-1-5-20(7-10-27)12(22)11-21-6-2-9-28(21,25)26/h3-4H,1-2,5-11H2. The molecule has 2 amide bonds. The largest absolute Gasteiger partial charge is 0.341 e. The minimum atomic E-state index is -3.36. The van der Waals surface area contributed by atoms with E-state index >= 15 is 0 Å². The molecule has 0 N–H and O–H groups in total. The van der Waals surface area contributed by atoms with Crippen LogP contribution in [-0.4, -0.2) is 87.1 Å². The van der Waals surface area contributed by atoms with Crippen molar-refractivity contribution in [3.8, 4) is 0 Å². The first kappa shape index (κ1) is 21.1. The molecular weight excluding hydrogens is 430 g/mol. The molecule has 154 valence electrons. The van der Waals surface area contributed by atoms with Gasteiger partial charge in [-0.25, -0.2) is 22.6 Å². The summed E-state index contributed by atoms with van der Waals surface area (Å²) in [5.41, 5.74) is -0.164. The summed E-state index contributed by atoms with van der Waals surface area (Å²) in [6, 6.07) is 0. The molecule has 0 spiro atoms. The van der Waals surface area contributed by atoms with Gasteiger partial charge >= 0.3 is 5.91 Å². The summed E-state index contributed by atoms with van der Waals surface area (Å²) in [6.45, 7) is 0.589. The fraction of sp³-hybridized carbons (Fsp3) is 0.600. The number of hydrogen-bond acceptors (Lipinski definition) is 7. The highest BCUT2D eigenvalue weighted by atomic mass is 35.5. The van der Waals surface area contributed by atoms with Crippen LogP contribution in [0.3, 0.4) is 0 Å². The molecule has 2 aliphatic heterocycles. The van der Waals surface area contributed by atoms with Gasteiger partial charge in [0.15, 0.2) is 10.8 Å². The average Bonchev–Trinajstić information content (AvgIpc) is 2.84. The second-order valence-corrected chi connectivity index (χ2v) is 11.5. The molecular formula is C15H20ClN5O5S2. The van der Waals surface area contributed by atoms with Crippen LogP contribution in [-0.2, 0) is 24.5 Å². The van der Waals surface area contributed by atoms with Crippen molar-refractivity contribution < 1.29 is 22.2 Å². The number of rotatable bonds is 3. The van der Waals surface area contributed by atoms with Crippen LogP contribution >= 0.6 is 11.6 Å². The van der Waals surface area contributed by atoms with Crippen molar-refractivity contribution >= 4 is 43.2 Å². The van der Waals surface area contributed by atoms with Gasteiger partial charge < -0.3 is 4.90 Å². The molecule has 1 atom stereocenters. The zero-order chi connectivity index (χ0) is 20.4. The molecule has 28 heavy (non-hydrogen) atoms. The molecule has 0 radical (unpaired) electrons. The number of amides is 2. The predicted octanol–water partition coefficient (Wildman–Crippen LogP) is 0.00600. The molecule has 0 aliphatic carbocycles. The first-order chi connectivity index (χ1) is 13.2. The van der Waals surface area contributed by atoms with Crippen LogP contribution in [0.5, 0.6) is 0 Å². The number of hydrogen-bond donors (Lipinski definition) is 0. The van der Waals surface area contributed by atoms with Crippen molar-refractivity contribution in [2.75, 3.05) is 43.4 Å². The van der Waals surface area contributed by atoms with E-state index in [1.165, 1.54) is 21.6 Å². The van der Waals surface area contributed by atoms with E-state index in [1.807, 2.05) is 0 Å². The van der Waals surface area contributed by atoms with Crippen LogP contribution in [0.15, 0.2) is 16.8 Å². The summed E-state index contributed by atoms with van der Waals surface area (Å²) in [5, 5.41) is -0.114. The summed E-state index contributed by atoms with van der Waals surface area (Å²) in [7, 11) is -6.25. The molecule has 3 rings (SSSR count). The Balaban J connectivity index is 1.68. The number of carbonyl (C=O) groups excluding carboxylic acids is 2. The van der Waals surface area contributed by atoms with Crippen molar-refractivity contribution in [3.05, 3.63) is 23.2 Å². The lowest BCUT2D eigenvalue weighted by Crippen LogP contribution is -2.42. The number of halogens is 1. The molecule has 10 nitrogen and oxygen atoms in total. The smallest absolute Gasteiger partial charge is 0.306 e. The summed E-state index contributed by atoms with van der Waals surface area (Å²) in [5.74, 6) is -0.902. The molecule has 1 aromatic rings. The maximum Gasteiger partial charge on any atom is 0.306 e. The zero-order valence-corrected chi connectivity index (χ0v) is 17.4. The normalized spacial score (nSPS) is 25.2. The Morgan fingerprint density at radius 2 is 1.75 bits per heavy atom. The van der Waals surface area contributed by atoms with E-state index in [2.05, 4.69) is 14.3 Å². The Bertz CT molecular complexity index is 1010. The van der Waals surface area contributed by atoms with Gasteiger partial charge in [-0.05, 0) is 12.8 Å². The summed E-state index contributed by atoms with van der Waals surface area (Å²) >= 11 is 5.83. The molecule has 2 fully saturated rings. The van der Waals surface area contributed by atoms with Gasteiger partial charge in [0, 0.05) is 43.5 Å². The van der Waals surface area contributed by atoms with Gasteiger partial charge in [-0.3, -0.25) is 9.59 Å². The number of sulfonamides is 1.